The lowest BCUT2D eigenvalue weighted by molar-refractivity contribution is 0.460. The van der Waals surface area contributed by atoms with E-state index in [1.54, 1.807) is 0 Å². The van der Waals surface area contributed by atoms with Gasteiger partial charge < -0.3 is 5.32 Å². The van der Waals surface area contributed by atoms with Crippen LogP contribution in [0.4, 0.5) is 5.95 Å². The zero-order valence-electron chi connectivity index (χ0n) is 9.45. The Morgan fingerprint density at radius 2 is 1.53 bits per heavy atom. The molecule has 4 heteroatoms. The first-order valence-electron chi connectivity index (χ1n) is 5.70. The Bertz CT molecular complexity index is 311. The number of nitrogens with zero attached hydrogens (tertiary/aromatic N) is 3. The molecule has 15 heavy (non-hydrogen) atoms. The summed E-state index contributed by atoms with van der Waals surface area (Å²) in [4.78, 5) is 12.8. The summed E-state index contributed by atoms with van der Waals surface area (Å²) in [7, 11) is 0. The smallest absolute Gasteiger partial charge is 0.226 e. The minimum Gasteiger partial charge on any atom is -0.351 e. The van der Waals surface area contributed by atoms with Gasteiger partial charge in [0, 0.05) is 6.04 Å². The minimum atomic E-state index is 0.556. The molecular formula is C11H18N4. The second kappa shape index (κ2) is 4.55. The number of anilines is 1. The van der Waals surface area contributed by atoms with Crippen molar-refractivity contribution in [3.8, 4) is 0 Å². The van der Waals surface area contributed by atoms with Gasteiger partial charge in [0.15, 0.2) is 0 Å². The fourth-order valence-corrected chi connectivity index (χ4v) is 2.11. The summed E-state index contributed by atoms with van der Waals surface area (Å²) in [6.07, 6.45) is 6.49. The summed E-state index contributed by atoms with van der Waals surface area (Å²) in [6.45, 7) is 3.81. The molecule has 4 nitrogen and oxygen atoms in total. The van der Waals surface area contributed by atoms with E-state index >= 15 is 0 Å². The molecule has 1 saturated carbocycles. The van der Waals surface area contributed by atoms with Crippen molar-refractivity contribution >= 4 is 5.95 Å². The molecule has 1 fully saturated rings. The Hall–Kier alpha value is -1.19. The number of rotatable bonds is 2. The minimum absolute atomic E-state index is 0.556. The van der Waals surface area contributed by atoms with Gasteiger partial charge in [-0.05, 0) is 26.7 Å². The largest absolute Gasteiger partial charge is 0.351 e. The predicted octanol–water partition coefficient (Wildman–Crippen LogP) is 2.23. The van der Waals surface area contributed by atoms with Crippen molar-refractivity contribution in [3.05, 3.63) is 11.6 Å². The molecule has 82 valence electrons. The topological polar surface area (TPSA) is 50.7 Å². The molecule has 0 aliphatic heterocycles. The van der Waals surface area contributed by atoms with Gasteiger partial charge in [-0.3, -0.25) is 0 Å². The van der Waals surface area contributed by atoms with Crippen LogP contribution in [-0.4, -0.2) is 21.0 Å². The van der Waals surface area contributed by atoms with Crippen molar-refractivity contribution in [2.24, 2.45) is 0 Å². The first-order valence-corrected chi connectivity index (χ1v) is 5.70. The summed E-state index contributed by atoms with van der Waals surface area (Å²) >= 11 is 0. The van der Waals surface area contributed by atoms with Crippen molar-refractivity contribution in [3.63, 3.8) is 0 Å². The highest BCUT2D eigenvalue weighted by Gasteiger charge is 2.14. The van der Waals surface area contributed by atoms with Crippen LogP contribution < -0.4 is 5.32 Å². The lowest BCUT2D eigenvalue weighted by Gasteiger charge is -2.22. The van der Waals surface area contributed by atoms with Crippen LogP contribution in [-0.2, 0) is 0 Å². The lowest BCUT2D eigenvalue weighted by Crippen LogP contribution is -2.24. The third-order valence-corrected chi connectivity index (χ3v) is 2.80. The lowest BCUT2D eigenvalue weighted by atomic mass is 9.96. The van der Waals surface area contributed by atoms with Gasteiger partial charge in [0.05, 0.1) is 0 Å². The molecule has 0 radical (unpaired) electrons. The summed E-state index contributed by atoms with van der Waals surface area (Å²) in [5.74, 6) is 2.33. The standard InChI is InChI=1S/C11H18N4/c1-8-12-9(2)14-11(13-8)15-10-6-4-3-5-7-10/h10H,3-7H2,1-2H3,(H,12,13,14,15). The van der Waals surface area contributed by atoms with Gasteiger partial charge in [0.25, 0.3) is 0 Å². The summed E-state index contributed by atoms with van der Waals surface area (Å²) in [5.41, 5.74) is 0. The van der Waals surface area contributed by atoms with Crippen LogP contribution in [0.3, 0.4) is 0 Å². The quantitative estimate of drug-likeness (QED) is 0.806. The molecule has 1 aliphatic carbocycles. The van der Waals surface area contributed by atoms with Crippen LogP contribution in [0.25, 0.3) is 0 Å². The molecular weight excluding hydrogens is 188 g/mol. The monoisotopic (exact) mass is 206 g/mol. The molecule has 0 unspecified atom stereocenters. The molecule has 1 aliphatic rings. The molecule has 0 atom stereocenters. The maximum absolute atomic E-state index is 4.29. The molecule has 0 amide bonds. The predicted molar refractivity (Wildman–Crippen MR) is 59.8 cm³/mol. The van der Waals surface area contributed by atoms with E-state index in [9.17, 15) is 0 Å². The first-order chi connectivity index (χ1) is 7.24. The van der Waals surface area contributed by atoms with E-state index in [1.807, 2.05) is 13.8 Å². The number of aryl methyl sites for hydroxylation is 2. The van der Waals surface area contributed by atoms with Crippen molar-refractivity contribution < 1.29 is 0 Å². The van der Waals surface area contributed by atoms with E-state index < -0.39 is 0 Å². The fourth-order valence-electron chi connectivity index (χ4n) is 2.11. The van der Waals surface area contributed by atoms with E-state index in [0.29, 0.717) is 6.04 Å². The van der Waals surface area contributed by atoms with Crippen LogP contribution in [0.5, 0.6) is 0 Å². The zero-order valence-corrected chi connectivity index (χ0v) is 9.45. The maximum atomic E-state index is 4.29. The fraction of sp³-hybridized carbons (Fsp3) is 0.727. The van der Waals surface area contributed by atoms with E-state index in [1.165, 1.54) is 32.1 Å². The number of hydrogen-bond acceptors (Lipinski definition) is 4. The highest BCUT2D eigenvalue weighted by Crippen LogP contribution is 2.19. The Balaban J connectivity index is 2.02. The summed E-state index contributed by atoms with van der Waals surface area (Å²) < 4.78 is 0. The Morgan fingerprint density at radius 1 is 0.933 bits per heavy atom. The Labute approximate surface area is 90.6 Å². The molecule has 1 aromatic heterocycles. The van der Waals surface area contributed by atoms with Crippen LogP contribution in [0, 0.1) is 13.8 Å². The third kappa shape index (κ3) is 2.88. The van der Waals surface area contributed by atoms with E-state index in [-0.39, 0.29) is 0 Å². The molecule has 1 heterocycles. The number of aromatic nitrogens is 3. The maximum Gasteiger partial charge on any atom is 0.226 e. The van der Waals surface area contributed by atoms with Crippen molar-refractivity contribution in [2.75, 3.05) is 5.32 Å². The highest BCUT2D eigenvalue weighted by atomic mass is 15.2. The van der Waals surface area contributed by atoms with Crippen molar-refractivity contribution in [1.29, 1.82) is 0 Å². The molecule has 0 saturated heterocycles. The zero-order chi connectivity index (χ0) is 10.7. The van der Waals surface area contributed by atoms with Crippen LogP contribution >= 0.6 is 0 Å². The Morgan fingerprint density at radius 3 is 2.13 bits per heavy atom. The second-order valence-corrected chi connectivity index (χ2v) is 4.23. The number of hydrogen-bond donors (Lipinski definition) is 1. The van der Waals surface area contributed by atoms with E-state index in [0.717, 1.165) is 17.6 Å². The van der Waals surface area contributed by atoms with Gasteiger partial charge >= 0.3 is 0 Å². The molecule has 1 N–H and O–H groups in total. The molecule has 1 aromatic rings. The first kappa shape index (κ1) is 10.3. The van der Waals surface area contributed by atoms with Crippen LogP contribution in [0.2, 0.25) is 0 Å². The average Bonchev–Trinajstić information content (AvgIpc) is 2.17. The third-order valence-electron chi connectivity index (χ3n) is 2.80. The van der Waals surface area contributed by atoms with Crippen LogP contribution in [0.15, 0.2) is 0 Å². The molecule has 0 aromatic carbocycles. The second-order valence-electron chi connectivity index (χ2n) is 4.23. The normalized spacial score (nSPS) is 17.7. The van der Waals surface area contributed by atoms with E-state index in [2.05, 4.69) is 20.3 Å². The van der Waals surface area contributed by atoms with Gasteiger partial charge in [-0.25, -0.2) is 4.98 Å². The van der Waals surface area contributed by atoms with Gasteiger partial charge in [0.1, 0.15) is 11.6 Å². The molecule has 0 bridgehead atoms. The van der Waals surface area contributed by atoms with E-state index in [4.69, 9.17) is 0 Å². The van der Waals surface area contributed by atoms with Crippen molar-refractivity contribution in [1.82, 2.24) is 15.0 Å². The number of nitrogens with one attached hydrogen (secondary N) is 1. The summed E-state index contributed by atoms with van der Waals surface area (Å²) in [6, 6.07) is 0.556. The Kier molecular flexibility index (Phi) is 3.14. The molecule has 2 rings (SSSR count). The highest BCUT2D eigenvalue weighted by molar-refractivity contribution is 5.25. The van der Waals surface area contributed by atoms with Gasteiger partial charge in [-0.2, -0.15) is 9.97 Å². The SMILES string of the molecule is Cc1nc(C)nc(NC2CCCCC2)n1. The van der Waals surface area contributed by atoms with Gasteiger partial charge in [-0.15, -0.1) is 0 Å². The average molecular weight is 206 g/mol. The van der Waals surface area contributed by atoms with Crippen molar-refractivity contribution in [2.45, 2.75) is 52.0 Å². The van der Waals surface area contributed by atoms with Gasteiger partial charge in [-0.1, -0.05) is 19.3 Å². The van der Waals surface area contributed by atoms with Crippen LogP contribution in [0.1, 0.15) is 43.8 Å². The van der Waals surface area contributed by atoms with Gasteiger partial charge in [0.2, 0.25) is 5.95 Å². The molecule has 0 spiro atoms. The summed E-state index contributed by atoms with van der Waals surface area (Å²) in [5, 5.41) is 3.40.